The van der Waals surface area contributed by atoms with Gasteiger partial charge in [0.2, 0.25) is 5.91 Å². The Balaban J connectivity index is 1.66. The van der Waals surface area contributed by atoms with Gasteiger partial charge in [-0.2, -0.15) is 0 Å². The Kier molecular flexibility index (Phi) is 4.38. The summed E-state index contributed by atoms with van der Waals surface area (Å²) in [5.74, 6) is -0.380. The number of imidazole rings is 1. The molecule has 0 spiro atoms. The van der Waals surface area contributed by atoms with Gasteiger partial charge in [0.1, 0.15) is 6.33 Å². The molecule has 6 heteroatoms. The number of carbonyl (C=O) groups is 2. The van der Waals surface area contributed by atoms with Crippen LogP contribution in [0.4, 0.5) is 5.69 Å². The zero-order chi connectivity index (χ0) is 16.9. The first kappa shape index (κ1) is 15.5. The topological polar surface area (TPSA) is 76.0 Å². The van der Waals surface area contributed by atoms with E-state index in [1.807, 2.05) is 36.4 Å². The number of nitrogens with one attached hydrogen (secondary N) is 2. The summed E-state index contributed by atoms with van der Waals surface area (Å²) in [7, 11) is 0. The molecular formula is C18H16N4O2. The van der Waals surface area contributed by atoms with E-state index >= 15 is 0 Å². The highest BCUT2D eigenvalue weighted by molar-refractivity contribution is 5.98. The van der Waals surface area contributed by atoms with E-state index in [1.54, 1.807) is 29.2 Å². The number of para-hydroxylation sites is 2. The van der Waals surface area contributed by atoms with Crippen LogP contribution in [0.15, 0.2) is 60.9 Å². The minimum Gasteiger partial charge on any atom is -0.326 e. The number of amides is 2. The Bertz CT molecular complexity index is 910. The minimum absolute atomic E-state index is 0.120. The van der Waals surface area contributed by atoms with E-state index in [4.69, 9.17) is 0 Å². The maximum absolute atomic E-state index is 12.0. The number of hydrogen-bond acceptors (Lipinski definition) is 3. The molecule has 2 N–H and O–H groups in total. The first-order chi connectivity index (χ1) is 11.6. The monoisotopic (exact) mass is 320 g/mol. The fourth-order valence-electron chi connectivity index (χ4n) is 2.26. The van der Waals surface area contributed by atoms with Crippen LogP contribution in [0.5, 0.6) is 0 Å². The molecule has 0 aliphatic carbocycles. The van der Waals surface area contributed by atoms with Crippen LogP contribution in [0.1, 0.15) is 12.5 Å². The first-order valence-electron chi connectivity index (χ1n) is 7.40. The summed E-state index contributed by atoms with van der Waals surface area (Å²) in [4.78, 5) is 27.2. The van der Waals surface area contributed by atoms with Gasteiger partial charge in [0.25, 0.3) is 5.91 Å². The summed E-state index contributed by atoms with van der Waals surface area (Å²) in [6, 6.07) is 14.7. The van der Waals surface area contributed by atoms with Gasteiger partial charge in [-0.15, -0.1) is 0 Å². The SMILES string of the molecule is CC(=O)Nc1ccc(/C=C/C(=O)Nn2cnc3ccccc32)cc1. The molecule has 0 saturated heterocycles. The summed E-state index contributed by atoms with van der Waals surface area (Å²) >= 11 is 0. The van der Waals surface area contributed by atoms with Gasteiger partial charge in [0.15, 0.2) is 0 Å². The van der Waals surface area contributed by atoms with Crippen molar-refractivity contribution < 1.29 is 9.59 Å². The van der Waals surface area contributed by atoms with Crippen LogP contribution < -0.4 is 10.7 Å². The average molecular weight is 320 g/mol. The van der Waals surface area contributed by atoms with E-state index in [2.05, 4.69) is 15.7 Å². The molecule has 0 atom stereocenters. The van der Waals surface area contributed by atoms with Gasteiger partial charge < -0.3 is 5.32 Å². The van der Waals surface area contributed by atoms with Crippen molar-refractivity contribution in [2.75, 3.05) is 10.7 Å². The van der Waals surface area contributed by atoms with E-state index in [1.165, 1.54) is 13.0 Å². The van der Waals surface area contributed by atoms with E-state index in [-0.39, 0.29) is 11.8 Å². The van der Waals surface area contributed by atoms with E-state index in [0.717, 1.165) is 16.6 Å². The standard InChI is InChI=1S/C18H16N4O2/c1-13(23)20-15-9-6-14(7-10-15)8-11-18(24)21-22-12-19-16-4-2-3-5-17(16)22/h2-12H,1H3,(H,20,23)(H,21,24)/b11-8+. The van der Waals surface area contributed by atoms with Crippen molar-refractivity contribution >= 4 is 34.6 Å². The average Bonchev–Trinajstić information content (AvgIpc) is 2.97. The Morgan fingerprint density at radius 3 is 2.58 bits per heavy atom. The van der Waals surface area contributed by atoms with Crippen LogP contribution >= 0.6 is 0 Å². The summed E-state index contributed by atoms with van der Waals surface area (Å²) in [6.45, 7) is 1.46. The Hall–Kier alpha value is -3.41. The normalized spacial score (nSPS) is 10.9. The van der Waals surface area contributed by atoms with Gasteiger partial charge in [-0.1, -0.05) is 24.3 Å². The van der Waals surface area contributed by atoms with Gasteiger partial charge in [-0.3, -0.25) is 15.0 Å². The molecule has 0 radical (unpaired) electrons. The third-order valence-electron chi connectivity index (χ3n) is 3.34. The highest BCUT2D eigenvalue weighted by atomic mass is 16.2. The van der Waals surface area contributed by atoms with Crippen molar-refractivity contribution in [1.82, 2.24) is 9.66 Å². The molecule has 0 aliphatic heterocycles. The van der Waals surface area contributed by atoms with Gasteiger partial charge in [-0.25, -0.2) is 9.66 Å². The van der Waals surface area contributed by atoms with Crippen molar-refractivity contribution in [3.05, 3.63) is 66.5 Å². The van der Waals surface area contributed by atoms with E-state index in [9.17, 15) is 9.59 Å². The zero-order valence-electron chi connectivity index (χ0n) is 13.1. The molecular weight excluding hydrogens is 304 g/mol. The van der Waals surface area contributed by atoms with Crippen LogP contribution in [0.3, 0.4) is 0 Å². The summed E-state index contributed by atoms with van der Waals surface area (Å²) in [6.07, 6.45) is 4.72. The smallest absolute Gasteiger partial charge is 0.262 e. The van der Waals surface area contributed by atoms with Crippen LogP contribution in [0.25, 0.3) is 17.1 Å². The van der Waals surface area contributed by atoms with Crippen LogP contribution in [0, 0.1) is 0 Å². The second-order valence-corrected chi connectivity index (χ2v) is 5.22. The lowest BCUT2D eigenvalue weighted by Crippen LogP contribution is -2.19. The molecule has 3 aromatic rings. The fourth-order valence-corrected chi connectivity index (χ4v) is 2.26. The van der Waals surface area contributed by atoms with Gasteiger partial charge in [0, 0.05) is 18.7 Å². The van der Waals surface area contributed by atoms with Crippen LogP contribution in [-0.2, 0) is 9.59 Å². The number of hydrogen-bond donors (Lipinski definition) is 2. The highest BCUT2D eigenvalue weighted by Crippen LogP contribution is 2.11. The second kappa shape index (κ2) is 6.78. The largest absolute Gasteiger partial charge is 0.326 e. The van der Waals surface area contributed by atoms with Gasteiger partial charge >= 0.3 is 0 Å². The van der Waals surface area contributed by atoms with Crippen molar-refractivity contribution in [2.45, 2.75) is 6.92 Å². The number of fused-ring (bicyclic) bond motifs is 1. The van der Waals surface area contributed by atoms with Crippen molar-refractivity contribution in [3.63, 3.8) is 0 Å². The number of aromatic nitrogens is 2. The molecule has 0 unspecified atom stereocenters. The molecule has 0 bridgehead atoms. The maximum Gasteiger partial charge on any atom is 0.262 e. The molecule has 0 saturated carbocycles. The zero-order valence-corrected chi connectivity index (χ0v) is 13.1. The number of carbonyl (C=O) groups excluding carboxylic acids is 2. The van der Waals surface area contributed by atoms with E-state index < -0.39 is 0 Å². The lowest BCUT2D eigenvalue weighted by molar-refractivity contribution is -0.114. The lowest BCUT2D eigenvalue weighted by atomic mass is 10.2. The predicted molar refractivity (Wildman–Crippen MR) is 93.9 cm³/mol. The van der Waals surface area contributed by atoms with Crippen molar-refractivity contribution in [3.8, 4) is 0 Å². The molecule has 3 rings (SSSR count). The number of rotatable bonds is 4. The lowest BCUT2D eigenvalue weighted by Gasteiger charge is -2.04. The quantitative estimate of drug-likeness (QED) is 0.726. The first-order valence-corrected chi connectivity index (χ1v) is 7.40. The molecule has 1 aromatic heterocycles. The van der Waals surface area contributed by atoms with Gasteiger partial charge in [-0.05, 0) is 35.9 Å². The van der Waals surface area contributed by atoms with Crippen molar-refractivity contribution in [2.24, 2.45) is 0 Å². The molecule has 2 amide bonds. The highest BCUT2D eigenvalue weighted by Gasteiger charge is 2.03. The third-order valence-corrected chi connectivity index (χ3v) is 3.34. The van der Waals surface area contributed by atoms with Gasteiger partial charge in [0.05, 0.1) is 11.0 Å². The fraction of sp³-hybridized carbons (Fsp3) is 0.0556. The third kappa shape index (κ3) is 3.67. The molecule has 0 aliphatic rings. The van der Waals surface area contributed by atoms with E-state index in [0.29, 0.717) is 5.69 Å². The number of benzene rings is 2. The molecule has 0 fully saturated rings. The van der Waals surface area contributed by atoms with Crippen LogP contribution in [0.2, 0.25) is 0 Å². The van der Waals surface area contributed by atoms with Crippen molar-refractivity contribution in [1.29, 1.82) is 0 Å². The second-order valence-electron chi connectivity index (χ2n) is 5.22. The summed E-state index contributed by atoms with van der Waals surface area (Å²) in [5, 5.41) is 2.69. The Morgan fingerprint density at radius 2 is 1.83 bits per heavy atom. The molecule has 120 valence electrons. The number of anilines is 1. The Morgan fingerprint density at radius 1 is 1.08 bits per heavy atom. The predicted octanol–water partition coefficient (Wildman–Crippen LogP) is 2.78. The Labute approximate surface area is 138 Å². The molecule has 1 heterocycles. The number of nitrogens with zero attached hydrogens (tertiary/aromatic N) is 2. The molecule has 24 heavy (non-hydrogen) atoms. The van der Waals surface area contributed by atoms with Crippen LogP contribution in [-0.4, -0.2) is 21.5 Å². The molecule has 6 nitrogen and oxygen atoms in total. The summed E-state index contributed by atoms with van der Waals surface area (Å²) in [5.41, 5.74) is 5.96. The minimum atomic E-state index is -0.260. The molecule has 2 aromatic carbocycles. The summed E-state index contributed by atoms with van der Waals surface area (Å²) < 4.78 is 1.59. The maximum atomic E-state index is 12.0.